The van der Waals surface area contributed by atoms with Crippen LogP contribution in [0.1, 0.15) is 35.5 Å². The van der Waals surface area contributed by atoms with Crippen LogP contribution < -0.4 is 5.32 Å². The molecule has 2 aromatic rings. The molecule has 1 aromatic carbocycles. The zero-order valence-corrected chi connectivity index (χ0v) is 12.8. The first-order valence-electron chi connectivity index (χ1n) is 6.55. The largest absolute Gasteiger partial charge is 0.377 e. The average molecular weight is 293 g/mol. The maximum absolute atomic E-state index is 13.3. The number of aromatic nitrogens is 1. The van der Waals surface area contributed by atoms with Gasteiger partial charge < -0.3 is 5.32 Å². The molecule has 0 radical (unpaired) electrons. The van der Waals surface area contributed by atoms with Crippen LogP contribution in [0.25, 0.3) is 0 Å². The van der Waals surface area contributed by atoms with Crippen molar-refractivity contribution in [2.45, 2.75) is 33.7 Å². The van der Waals surface area contributed by atoms with Crippen LogP contribution in [0.15, 0.2) is 24.3 Å². The van der Waals surface area contributed by atoms with Gasteiger partial charge in [0.05, 0.1) is 16.8 Å². The van der Waals surface area contributed by atoms with E-state index in [9.17, 15) is 4.39 Å². The summed E-state index contributed by atoms with van der Waals surface area (Å²) in [6.45, 7) is 8.04. The Morgan fingerprint density at radius 3 is 2.55 bits per heavy atom. The first-order chi connectivity index (χ1) is 9.38. The maximum atomic E-state index is 13.3. The standard InChI is InChI=1S/C16H18ClFN2/c1-9-7-10(2)19-11(3)16(9)12(4)20-15-8-13(18)5-6-14(15)17/h5-8,12,20H,1-4H3. The lowest BCUT2D eigenvalue weighted by Gasteiger charge is -2.20. The van der Waals surface area contributed by atoms with Crippen LogP contribution in [0.4, 0.5) is 10.1 Å². The van der Waals surface area contributed by atoms with E-state index in [-0.39, 0.29) is 11.9 Å². The molecule has 0 aliphatic heterocycles. The Morgan fingerprint density at radius 2 is 1.90 bits per heavy atom. The minimum absolute atomic E-state index is 0.00222. The predicted molar refractivity (Wildman–Crippen MR) is 81.9 cm³/mol. The lowest BCUT2D eigenvalue weighted by molar-refractivity contribution is 0.628. The molecule has 1 heterocycles. The lowest BCUT2D eigenvalue weighted by Crippen LogP contribution is -2.12. The van der Waals surface area contributed by atoms with Gasteiger partial charge in [-0.3, -0.25) is 4.98 Å². The van der Waals surface area contributed by atoms with Gasteiger partial charge in [-0.05, 0) is 63.1 Å². The van der Waals surface area contributed by atoms with Crippen molar-refractivity contribution in [1.29, 1.82) is 0 Å². The third-order valence-corrected chi connectivity index (χ3v) is 3.65. The number of hydrogen-bond donors (Lipinski definition) is 1. The molecule has 0 amide bonds. The quantitative estimate of drug-likeness (QED) is 0.863. The zero-order valence-electron chi connectivity index (χ0n) is 12.1. The third-order valence-electron chi connectivity index (χ3n) is 3.32. The number of halogens is 2. The Hall–Kier alpha value is -1.61. The van der Waals surface area contributed by atoms with Crippen molar-refractivity contribution in [3.63, 3.8) is 0 Å². The predicted octanol–water partition coefficient (Wildman–Crippen LogP) is 4.97. The van der Waals surface area contributed by atoms with E-state index >= 15 is 0 Å². The van der Waals surface area contributed by atoms with E-state index in [0.29, 0.717) is 10.7 Å². The van der Waals surface area contributed by atoms with Crippen LogP contribution in [0.2, 0.25) is 5.02 Å². The molecule has 4 heteroatoms. The molecule has 0 aliphatic rings. The first kappa shape index (κ1) is 14.8. The van der Waals surface area contributed by atoms with Gasteiger partial charge in [-0.2, -0.15) is 0 Å². The van der Waals surface area contributed by atoms with E-state index in [1.54, 1.807) is 6.07 Å². The molecular formula is C16H18ClFN2. The van der Waals surface area contributed by atoms with Crippen molar-refractivity contribution in [3.8, 4) is 0 Å². The molecule has 20 heavy (non-hydrogen) atoms. The number of nitrogens with one attached hydrogen (secondary N) is 1. The van der Waals surface area contributed by atoms with Crippen LogP contribution in [0, 0.1) is 26.6 Å². The minimum atomic E-state index is -0.306. The Balaban J connectivity index is 2.33. The van der Waals surface area contributed by atoms with Crippen molar-refractivity contribution in [2.75, 3.05) is 5.32 Å². The smallest absolute Gasteiger partial charge is 0.125 e. The van der Waals surface area contributed by atoms with Gasteiger partial charge in [0.15, 0.2) is 0 Å². The average Bonchev–Trinajstić information content (AvgIpc) is 2.32. The van der Waals surface area contributed by atoms with Crippen LogP contribution in [-0.4, -0.2) is 4.98 Å². The Kier molecular flexibility index (Phi) is 4.29. The molecule has 0 fully saturated rings. The van der Waals surface area contributed by atoms with E-state index in [2.05, 4.69) is 17.2 Å². The normalized spacial score (nSPS) is 12.3. The third kappa shape index (κ3) is 3.10. The fraction of sp³-hybridized carbons (Fsp3) is 0.312. The summed E-state index contributed by atoms with van der Waals surface area (Å²) in [6, 6.07) is 6.36. The van der Waals surface area contributed by atoms with Gasteiger partial charge in [-0.25, -0.2) is 4.39 Å². The number of aryl methyl sites for hydroxylation is 3. The summed E-state index contributed by atoms with van der Waals surface area (Å²) in [4.78, 5) is 4.49. The monoisotopic (exact) mass is 292 g/mol. The molecular weight excluding hydrogens is 275 g/mol. The Morgan fingerprint density at radius 1 is 1.20 bits per heavy atom. The summed E-state index contributed by atoms with van der Waals surface area (Å²) in [5.41, 5.74) is 4.87. The Bertz CT molecular complexity index is 617. The van der Waals surface area contributed by atoms with Crippen molar-refractivity contribution < 1.29 is 4.39 Å². The van der Waals surface area contributed by atoms with Gasteiger partial charge in [0, 0.05) is 11.4 Å². The molecule has 0 saturated heterocycles. The van der Waals surface area contributed by atoms with Crippen molar-refractivity contribution in [3.05, 3.63) is 57.6 Å². The molecule has 0 bridgehead atoms. The maximum Gasteiger partial charge on any atom is 0.125 e. The van der Waals surface area contributed by atoms with Crippen LogP contribution in [0.5, 0.6) is 0 Å². The highest BCUT2D eigenvalue weighted by molar-refractivity contribution is 6.33. The molecule has 106 valence electrons. The van der Waals surface area contributed by atoms with Gasteiger partial charge in [0.2, 0.25) is 0 Å². The van der Waals surface area contributed by atoms with Crippen molar-refractivity contribution in [2.24, 2.45) is 0 Å². The number of nitrogens with zero attached hydrogens (tertiary/aromatic N) is 1. The molecule has 1 atom stereocenters. The SMILES string of the molecule is Cc1cc(C)c(C(C)Nc2cc(F)ccc2Cl)c(C)n1. The highest BCUT2D eigenvalue weighted by Crippen LogP contribution is 2.29. The molecule has 2 rings (SSSR count). The van der Waals surface area contributed by atoms with E-state index in [1.165, 1.54) is 17.7 Å². The molecule has 0 spiro atoms. The summed E-state index contributed by atoms with van der Waals surface area (Å²) < 4.78 is 13.3. The molecule has 0 aliphatic carbocycles. The van der Waals surface area contributed by atoms with E-state index in [0.717, 1.165) is 17.0 Å². The summed E-state index contributed by atoms with van der Waals surface area (Å²) in [5.74, 6) is -0.306. The Labute approximate surface area is 124 Å². The lowest BCUT2D eigenvalue weighted by atomic mass is 10.00. The summed E-state index contributed by atoms with van der Waals surface area (Å²) in [7, 11) is 0. The molecule has 2 nitrogen and oxygen atoms in total. The van der Waals surface area contributed by atoms with Crippen molar-refractivity contribution in [1.82, 2.24) is 4.98 Å². The molecule has 1 N–H and O–H groups in total. The number of pyridine rings is 1. The minimum Gasteiger partial charge on any atom is -0.377 e. The fourth-order valence-corrected chi connectivity index (χ4v) is 2.77. The zero-order chi connectivity index (χ0) is 14.9. The highest BCUT2D eigenvalue weighted by atomic mass is 35.5. The number of hydrogen-bond acceptors (Lipinski definition) is 2. The van der Waals surface area contributed by atoms with Crippen LogP contribution in [-0.2, 0) is 0 Å². The summed E-state index contributed by atoms with van der Waals surface area (Å²) in [6.07, 6.45) is 0. The number of benzene rings is 1. The first-order valence-corrected chi connectivity index (χ1v) is 6.92. The second-order valence-corrected chi connectivity index (χ2v) is 5.48. The number of anilines is 1. The summed E-state index contributed by atoms with van der Waals surface area (Å²) >= 11 is 6.09. The molecule has 1 unspecified atom stereocenters. The second-order valence-electron chi connectivity index (χ2n) is 5.07. The van der Waals surface area contributed by atoms with E-state index in [1.807, 2.05) is 26.8 Å². The fourth-order valence-electron chi connectivity index (χ4n) is 2.60. The van der Waals surface area contributed by atoms with Gasteiger partial charge in [0.1, 0.15) is 5.82 Å². The van der Waals surface area contributed by atoms with Gasteiger partial charge >= 0.3 is 0 Å². The van der Waals surface area contributed by atoms with Gasteiger partial charge in [-0.1, -0.05) is 11.6 Å². The van der Waals surface area contributed by atoms with E-state index in [4.69, 9.17) is 11.6 Å². The molecule has 0 saturated carbocycles. The highest BCUT2D eigenvalue weighted by Gasteiger charge is 2.14. The van der Waals surface area contributed by atoms with Gasteiger partial charge in [-0.15, -0.1) is 0 Å². The molecule has 1 aromatic heterocycles. The topological polar surface area (TPSA) is 24.9 Å². The second kappa shape index (κ2) is 5.80. The number of rotatable bonds is 3. The van der Waals surface area contributed by atoms with E-state index < -0.39 is 0 Å². The summed E-state index contributed by atoms with van der Waals surface area (Å²) in [5, 5.41) is 3.76. The van der Waals surface area contributed by atoms with Crippen LogP contribution in [0.3, 0.4) is 0 Å². The van der Waals surface area contributed by atoms with Crippen LogP contribution >= 0.6 is 11.6 Å². The van der Waals surface area contributed by atoms with Gasteiger partial charge in [0.25, 0.3) is 0 Å². The van der Waals surface area contributed by atoms with Crippen molar-refractivity contribution >= 4 is 17.3 Å².